The molecular formula is C21H23Cl2IN2O5. The molecule has 7 nitrogen and oxygen atoms in total. The summed E-state index contributed by atoms with van der Waals surface area (Å²) in [4.78, 5) is 25.2. The van der Waals surface area contributed by atoms with E-state index in [1.807, 2.05) is 13.8 Å². The van der Waals surface area contributed by atoms with Crippen LogP contribution in [0.1, 0.15) is 39.2 Å². The molecule has 0 heterocycles. The number of phenolic OH excluding ortho intramolecular Hbond substituents is 1. The predicted molar refractivity (Wildman–Crippen MR) is 130 cm³/mol. The van der Waals surface area contributed by atoms with Gasteiger partial charge in [-0.3, -0.25) is 12.8 Å². The number of benzene rings is 2. The summed E-state index contributed by atoms with van der Waals surface area (Å²) in [5, 5.41) is 19.3. The first-order chi connectivity index (χ1) is 14.4. The van der Waals surface area contributed by atoms with Gasteiger partial charge >= 0.3 is 12.0 Å². The maximum absolute atomic E-state index is 12.8. The van der Waals surface area contributed by atoms with Gasteiger partial charge in [-0.15, -0.1) is 0 Å². The Morgan fingerprint density at radius 3 is 2.16 bits per heavy atom. The topological polar surface area (TPSA) is 90.3 Å². The molecule has 0 atom stereocenters. The van der Waals surface area contributed by atoms with Crippen molar-refractivity contribution >= 4 is 63.8 Å². The molecule has 10 heteroatoms. The van der Waals surface area contributed by atoms with E-state index >= 15 is 0 Å². The Labute approximate surface area is 205 Å². The molecule has 2 amide bonds. The van der Waals surface area contributed by atoms with Gasteiger partial charge < -0.3 is 14.9 Å². The summed E-state index contributed by atoms with van der Waals surface area (Å²) in [6, 6.07) is 7.13. The van der Waals surface area contributed by atoms with Gasteiger partial charge in [-0.25, -0.2) is 4.79 Å². The quantitative estimate of drug-likeness (QED) is 0.281. The van der Waals surface area contributed by atoms with Gasteiger partial charge in [-0.05, 0) is 50.1 Å². The van der Waals surface area contributed by atoms with Crippen LogP contribution in [0.4, 0.5) is 10.5 Å². The molecule has 0 bridgehead atoms. The van der Waals surface area contributed by atoms with Crippen molar-refractivity contribution in [1.82, 2.24) is 3.11 Å². The number of phenols is 1. The highest BCUT2D eigenvalue weighted by Crippen LogP contribution is 2.41. The molecular weight excluding hydrogens is 558 g/mol. The van der Waals surface area contributed by atoms with Crippen molar-refractivity contribution in [3.05, 3.63) is 45.9 Å². The molecule has 0 aliphatic heterocycles. The summed E-state index contributed by atoms with van der Waals surface area (Å²) < 4.78 is 6.94. The molecule has 31 heavy (non-hydrogen) atoms. The van der Waals surface area contributed by atoms with E-state index in [1.165, 1.54) is 23.1 Å². The monoisotopic (exact) mass is 580 g/mol. The van der Waals surface area contributed by atoms with Gasteiger partial charge in [0.05, 0.1) is 32.9 Å². The number of amides is 2. The Hall–Kier alpha value is -1.91. The summed E-state index contributed by atoms with van der Waals surface area (Å²) in [7, 11) is 0. The molecule has 0 radical (unpaired) electrons. The van der Waals surface area contributed by atoms with E-state index in [0.29, 0.717) is 11.4 Å². The number of aliphatic carboxylic acids is 1. The molecule has 0 spiro atoms. The van der Waals surface area contributed by atoms with E-state index in [0.717, 1.165) is 8.68 Å². The summed E-state index contributed by atoms with van der Waals surface area (Å²) >= 11 is 14.5. The lowest BCUT2D eigenvalue weighted by Gasteiger charge is -2.30. The van der Waals surface area contributed by atoms with Crippen LogP contribution in [-0.4, -0.2) is 37.9 Å². The number of carboxylic acids is 1. The van der Waals surface area contributed by atoms with Crippen LogP contribution in [-0.2, 0) is 4.79 Å². The number of halogens is 3. The van der Waals surface area contributed by atoms with Crippen molar-refractivity contribution in [3.8, 4) is 17.2 Å². The first-order valence-electron chi connectivity index (χ1n) is 9.40. The first-order valence-corrected chi connectivity index (χ1v) is 11.1. The van der Waals surface area contributed by atoms with Gasteiger partial charge in [0.25, 0.3) is 0 Å². The van der Waals surface area contributed by atoms with Gasteiger partial charge in [-0.1, -0.05) is 37.0 Å². The van der Waals surface area contributed by atoms with Crippen molar-refractivity contribution < 1.29 is 24.5 Å². The highest BCUT2D eigenvalue weighted by molar-refractivity contribution is 14.1. The Kier molecular flexibility index (Phi) is 8.67. The van der Waals surface area contributed by atoms with E-state index in [4.69, 9.17) is 33.0 Å². The van der Waals surface area contributed by atoms with Crippen LogP contribution in [0, 0.1) is 0 Å². The van der Waals surface area contributed by atoms with Crippen LogP contribution in [0.3, 0.4) is 0 Å². The van der Waals surface area contributed by atoms with E-state index in [2.05, 4.69) is 0 Å². The van der Waals surface area contributed by atoms with Gasteiger partial charge in [0, 0.05) is 17.3 Å². The van der Waals surface area contributed by atoms with Crippen molar-refractivity contribution in [2.45, 2.75) is 39.7 Å². The van der Waals surface area contributed by atoms with Crippen molar-refractivity contribution in [3.63, 3.8) is 0 Å². The standard InChI is InChI=1S/C21H23Cl2IN2O5/c1-11(2)15-9-14(5-6-18(15)27)31-20-16(22)7-13(8-17(20)23)26(12(3)4)21(30)25(24)10-19(28)29/h5-9,11-12,27H,10H2,1-4H3,(H,28,29). The number of ether oxygens (including phenoxy) is 1. The molecule has 0 saturated carbocycles. The third kappa shape index (κ3) is 6.30. The molecule has 0 unspecified atom stereocenters. The van der Waals surface area contributed by atoms with Crippen LogP contribution in [0.15, 0.2) is 30.3 Å². The van der Waals surface area contributed by atoms with E-state index in [9.17, 15) is 14.7 Å². The number of carbonyl (C=O) groups is 2. The zero-order valence-electron chi connectivity index (χ0n) is 17.4. The smallest absolute Gasteiger partial charge is 0.334 e. The Bertz CT molecular complexity index is 961. The number of hydrogen-bond acceptors (Lipinski definition) is 4. The SMILES string of the molecule is CC(C)c1cc(Oc2c(Cl)cc(N(C(=O)N(I)CC(=O)O)C(C)C)cc2Cl)ccc1O. The van der Waals surface area contributed by atoms with Crippen LogP contribution in [0.5, 0.6) is 17.2 Å². The summed E-state index contributed by atoms with van der Waals surface area (Å²) in [5.41, 5.74) is 1.13. The lowest BCUT2D eigenvalue weighted by Crippen LogP contribution is -2.44. The zero-order valence-corrected chi connectivity index (χ0v) is 21.1. The molecule has 168 valence electrons. The minimum atomic E-state index is -1.12. The van der Waals surface area contributed by atoms with Crippen molar-refractivity contribution in [2.75, 3.05) is 11.4 Å². The minimum absolute atomic E-state index is 0.0875. The number of carbonyl (C=O) groups excluding carboxylic acids is 1. The molecule has 2 rings (SSSR count). The fraction of sp³-hybridized carbons (Fsp3) is 0.333. The summed E-state index contributed by atoms with van der Waals surface area (Å²) in [5.74, 6) is -0.202. The number of hydrogen-bond donors (Lipinski definition) is 2. The number of anilines is 1. The molecule has 0 aliphatic rings. The first kappa shape index (κ1) is 25.4. The molecule has 2 aromatic rings. The number of urea groups is 1. The molecule has 2 aromatic carbocycles. The second-order valence-corrected chi connectivity index (χ2v) is 9.36. The number of nitrogens with zero attached hydrogens (tertiary/aromatic N) is 2. The van der Waals surface area contributed by atoms with Crippen molar-refractivity contribution in [2.24, 2.45) is 0 Å². The molecule has 2 N–H and O–H groups in total. The lowest BCUT2D eigenvalue weighted by atomic mass is 10.0. The van der Waals surface area contributed by atoms with E-state index < -0.39 is 18.5 Å². The highest BCUT2D eigenvalue weighted by Gasteiger charge is 2.26. The highest BCUT2D eigenvalue weighted by atomic mass is 127. The normalized spacial score (nSPS) is 11.0. The maximum atomic E-state index is 12.8. The maximum Gasteiger partial charge on any atom is 0.334 e. The Morgan fingerprint density at radius 1 is 1.10 bits per heavy atom. The largest absolute Gasteiger partial charge is 0.508 e. The third-order valence-electron chi connectivity index (χ3n) is 4.31. The second-order valence-electron chi connectivity index (χ2n) is 7.38. The fourth-order valence-electron chi connectivity index (χ4n) is 2.89. The number of carboxylic acid groups (broad SMARTS) is 1. The molecule has 0 aromatic heterocycles. The van der Waals surface area contributed by atoms with Crippen LogP contribution >= 0.6 is 46.1 Å². The number of rotatable bonds is 7. The van der Waals surface area contributed by atoms with Gasteiger partial charge in [0.15, 0.2) is 5.75 Å². The third-order valence-corrected chi connectivity index (χ3v) is 5.62. The zero-order chi connectivity index (χ0) is 23.5. The lowest BCUT2D eigenvalue weighted by molar-refractivity contribution is -0.136. The van der Waals surface area contributed by atoms with Crippen molar-refractivity contribution in [1.29, 1.82) is 0 Å². The minimum Gasteiger partial charge on any atom is -0.508 e. The average Bonchev–Trinajstić information content (AvgIpc) is 2.64. The summed E-state index contributed by atoms with van der Waals surface area (Å²) in [6.07, 6.45) is 0. The number of aromatic hydroxyl groups is 1. The molecule has 0 fully saturated rings. The predicted octanol–water partition coefficient (Wildman–Crippen LogP) is 6.69. The van der Waals surface area contributed by atoms with Gasteiger partial charge in [0.1, 0.15) is 18.0 Å². The molecule has 0 aliphatic carbocycles. The molecule has 0 saturated heterocycles. The van der Waals surface area contributed by atoms with E-state index in [-0.39, 0.29) is 33.5 Å². The second kappa shape index (κ2) is 10.6. The van der Waals surface area contributed by atoms with Crippen LogP contribution in [0.2, 0.25) is 10.0 Å². The average molecular weight is 581 g/mol. The Morgan fingerprint density at radius 2 is 1.68 bits per heavy atom. The Balaban J connectivity index is 2.39. The van der Waals surface area contributed by atoms with E-state index in [1.54, 1.807) is 48.8 Å². The summed E-state index contributed by atoms with van der Waals surface area (Å²) in [6.45, 7) is 7.03. The van der Waals surface area contributed by atoms with Crippen LogP contribution in [0.25, 0.3) is 0 Å². The van der Waals surface area contributed by atoms with Crippen LogP contribution < -0.4 is 9.64 Å². The fourth-order valence-corrected chi connectivity index (χ4v) is 3.97. The van der Waals surface area contributed by atoms with Gasteiger partial charge in [-0.2, -0.15) is 0 Å². The van der Waals surface area contributed by atoms with Gasteiger partial charge in [0.2, 0.25) is 0 Å².